The average molecular weight is 262 g/mol. The van der Waals surface area contributed by atoms with Crippen LogP contribution in [-0.4, -0.2) is 19.0 Å². The van der Waals surface area contributed by atoms with Crippen LogP contribution < -0.4 is 11.1 Å². The fraction of sp³-hybridized carbons (Fsp3) is 0.562. The highest BCUT2D eigenvalue weighted by atomic mass is 16.1. The van der Waals surface area contributed by atoms with Gasteiger partial charge in [0, 0.05) is 13.0 Å². The highest BCUT2D eigenvalue weighted by Gasteiger charge is 2.00. The first kappa shape index (κ1) is 15.7. The molecule has 0 atom stereocenters. The van der Waals surface area contributed by atoms with Crippen molar-refractivity contribution >= 4 is 5.91 Å². The molecule has 0 aliphatic rings. The highest BCUT2D eigenvalue weighted by Crippen LogP contribution is 2.04. The van der Waals surface area contributed by atoms with Gasteiger partial charge in [-0.3, -0.25) is 4.79 Å². The molecule has 1 aromatic carbocycles. The van der Waals surface area contributed by atoms with Crippen molar-refractivity contribution in [2.75, 3.05) is 13.1 Å². The van der Waals surface area contributed by atoms with E-state index in [9.17, 15) is 4.79 Å². The largest absolute Gasteiger partial charge is 0.356 e. The Labute approximate surface area is 116 Å². The van der Waals surface area contributed by atoms with Crippen LogP contribution in [-0.2, 0) is 11.2 Å². The van der Waals surface area contributed by atoms with E-state index in [4.69, 9.17) is 5.73 Å². The molecule has 106 valence electrons. The summed E-state index contributed by atoms with van der Waals surface area (Å²) in [7, 11) is 0. The van der Waals surface area contributed by atoms with E-state index in [2.05, 4.69) is 36.5 Å². The van der Waals surface area contributed by atoms with E-state index in [0.717, 1.165) is 45.2 Å². The first-order chi connectivity index (χ1) is 9.22. The number of unbranched alkanes of at least 4 members (excludes halogenated alkanes) is 3. The minimum absolute atomic E-state index is 0.167. The molecule has 0 bridgehead atoms. The van der Waals surface area contributed by atoms with Crippen LogP contribution in [0.5, 0.6) is 0 Å². The molecule has 1 aromatic rings. The Balaban J connectivity index is 2.07. The summed E-state index contributed by atoms with van der Waals surface area (Å²) < 4.78 is 0. The van der Waals surface area contributed by atoms with Gasteiger partial charge in [0.15, 0.2) is 0 Å². The van der Waals surface area contributed by atoms with Crippen LogP contribution in [0.3, 0.4) is 0 Å². The zero-order valence-corrected chi connectivity index (χ0v) is 12.0. The van der Waals surface area contributed by atoms with Gasteiger partial charge in [0.2, 0.25) is 5.91 Å². The van der Waals surface area contributed by atoms with Gasteiger partial charge in [-0.05, 0) is 38.3 Å². The third-order valence-corrected chi connectivity index (χ3v) is 3.18. The van der Waals surface area contributed by atoms with Gasteiger partial charge < -0.3 is 11.1 Å². The molecule has 0 saturated carbocycles. The number of carbonyl (C=O) groups excluding carboxylic acids is 1. The topological polar surface area (TPSA) is 55.1 Å². The summed E-state index contributed by atoms with van der Waals surface area (Å²) in [6, 6.07) is 8.41. The average Bonchev–Trinajstić information content (AvgIpc) is 2.38. The molecular weight excluding hydrogens is 236 g/mol. The van der Waals surface area contributed by atoms with Gasteiger partial charge in [0.25, 0.3) is 0 Å². The lowest BCUT2D eigenvalue weighted by Gasteiger charge is -2.06. The molecule has 19 heavy (non-hydrogen) atoms. The van der Waals surface area contributed by atoms with Crippen molar-refractivity contribution in [1.29, 1.82) is 0 Å². The van der Waals surface area contributed by atoms with E-state index in [0.29, 0.717) is 6.42 Å². The Bertz CT molecular complexity index is 377. The van der Waals surface area contributed by atoms with E-state index < -0.39 is 0 Å². The van der Waals surface area contributed by atoms with Crippen molar-refractivity contribution in [2.24, 2.45) is 5.73 Å². The van der Waals surface area contributed by atoms with Crippen LogP contribution in [0.2, 0.25) is 0 Å². The minimum Gasteiger partial charge on any atom is -0.356 e. The number of nitrogens with one attached hydrogen (secondary N) is 1. The number of hydrogen-bond donors (Lipinski definition) is 2. The van der Waals surface area contributed by atoms with Crippen LogP contribution in [0.15, 0.2) is 24.3 Å². The smallest absolute Gasteiger partial charge is 0.220 e. The molecule has 3 N–H and O–H groups in total. The molecule has 0 spiro atoms. The summed E-state index contributed by atoms with van der Waals surface area (Å²) in [5.41, 5.74) is 7.97. The van der Waals surface area contributed by atoms with Gasteiger partial charge in [0.05, 0.1) is 0 Å². The van der Waals surface area contributed by atoms with Crippen molar-refractivity contribution in [3.63, 3.8) is 0 Å². The molecule has 0 heterocycles. The van der Waals surface area contributed by atoms with E-state index in [1.807, 2.05) is 0 Å². The number of rotatable bonds is 9. The van der Waals surface area contributed by atoms with Crippen LogP contribution in [0.25, 0.3) is 0 Å². The maximum absolute atomic E-state index is 11.6. The molecule has 0 aliphatic heterocycles. The predicted molar refractivity (Wildman–Crippen MR) is 80.0 cm³/mol. The Morgan fingerprint density at radius 2 is 2.00 bits per heavy atom. The summed E-state index contributed by atoms with van der Waals surface area (Å²) in [6.07, 6.45) is 5.81. The SMILES string of the molecule is Cc1cccc(CCNC(=O)CCCCCCN)c1. The number of nitrogens with two attached hydrogens (primary N) is 1. The standard InChI is InChI=1S/C16H26N2O/c1-14-7-6-8-15(13-14)10-12-18-16(19)9-4-2-3-5-11-17/h6-8,13H,2-5,9-12,17H2,1H3,(H,18,19). The summed E-state index contributed by atoms with van der Waals surface area (Å²) in [6.45, 7) is 3.57. The van der Waals surface area contributed by atoms with Crippen LogP contribution in [0, 0.1) is 6.92 Å². The first-order valence-corrected chi connectivity index (χ1v) is 7.24. The highest BCUT2D eigenvalue weighted by molar-refractivity contribution is 5.75. The van der Waals surface area contributed by atoms with Crippen molar-refractivity contribution in [2.45, 2.75) is 45.4 Å². The molecule has 0 aromatic heterocycles. The second kappa shape index (κ2) is 9.56. The Kier molecular flexibility index (Phi) is 7.91. The third-order valence-electron chi connectivity index (χ3n) is 3.18. The molecule has 0 aliphatic carbocycles. The predicted octanol–water partition coefficient (Wildman–Crippen LogP) is 2.56. The fourth-order valence-corrected chi connectivity index (χ4v) is 2.09. The Hall–Kier alpha value is -1.35. The minimum atomic E-state index is 0.167. The lowest BCUT2D eigenvalue weighted by molar-refractivity contribution is -0.121. The van der Waals surface area contributed by atoms with E-state index in [-0.39, 0.29) is 5.91 Å². The molecule has 1 rings (SSSR count). The molecule has 0 radical (unpaired) electrons. The van der Waals surface area contributed by atoms with E-state index in [1.165, 1.54) is 11.1 Å². The summed E-state index contributed by atoms with van der Waals surface area (Å²) in [4.78, 5) is 11.6. The summed E-state index contributed by atoms with van der Waals surface area (Å²) >= 11 is 0. The zero-order valence-electron chi connectivity index (χ0n) is 12.0. The molecule has 0 fully saturated rings. The molecule has 0 unspecified atom stereocenters. The molecule has 0 saturated heterocycles. The van der Waals surface area contributed by atoms with Crippen molar-refractivity contribution in [3.05, 3.63) is 35.4 Å². The number of hydrogen-bond acceptors (Lipinski definition) is 2. The summed E-state index contributed by atoms with van der Waals surface area (Å²) in [5.74, 6) is 0.167. The van der Waals surface area contributed by atoms with E-state index in [1.54, 1.807) is 0 Å². The Morgan fingerprint density at radius 1 is 1.21 bits per heavy atom. The van der Waals surface area contributed by atoms with E-state index >= 15 is 0 Å². The normalized spacial score (nSPS) is 10.4. The van der Waals surface area contributed by atoms with Gasteiger partial charge in [0.1, 0.15) is 0 Å². The van der Waals surface area contributed by atoms with Crippen molar-refractivity contribution < 1.29 is 4.79 Å². The number of amides is 1. The fourth-order valence-electron chi connectivity index (χ4n) is 2.09. The maximum atomic E-state index is 11.6. The van der Waals surface area contributed by atoms with Gasteiger partial charge in [-0.1, -0.05) is 42.7 Å². The third kappa shape index (κ3) is 7.62. The second-order valence-electron chi connectivity index (χ2n) is 5.04. The van der Waals surface area contributed by atoms with Crippen molar-refractivity contribution in [3.8, 4) is 0 Å². The zero-order chi connectivity index (χ0) is 13.9. The Morgan fingerprint density at radius 3 is 2.74 bits per heavy atom. The molecular formula is C16H26N2O. The van der Waals surface area contributed by atoms with Crippen LogP contribution in [0.1, 0.15) is 43.2 Å². The van der Waals surface area contributed by atoms with Crippen LogP contribution >= 0.6 is 0 Å². The first-order valence-electron chi connectivity index (χ1n) is 7.24. The summed E-state index contributed by atoms with van der Waals surface area (Å²) in [5, 5.41) is 2.98. The monoisotopic (exact) mass is 262 g/mol. The van der Waals surface area contributed by atoms with Gasteiger partial charge in [-0.2, -0.15) is 0 Å². The van der Waals surface area contributed by atoms with Crippen molar-refractivity contribution in [1.82, 2.24) is 5.32 Å². The molecule has 3 heteroatoms. The number of benzene rings is 1. The molecule has 1 amide bonds. The van der Waals surface area contributed by atoms with Crippen LogP contribution in [0.4, 0.5) is 0 Å². The number of aryl methyl sites for hydroxylation is 1. The molecule has 3 nitrogen and oxygen atoms in total. The van der Waals surface area contributed by atoms with Gasteiger partial charge in [-0.15, -0.1) is 0 Å². The quantitative estimate of drug-likeness (QED) is 0.672. The maximum Gasteiger partial charge on any atom is 0.220 e. The lowest BCUT2D eigenvalue weighted by atomic mass is 10.1. The van der Waals surface area contributed by atoms with Gasteiger partial charge in [-0.25, -0.2) is 0 Å². The van der Waals surface area contributed by atoms with Gasteiger partial charge >= 0.3 is 0 Å². The number of carbonyl (C=O) groups is 1. The second-order valence-corrected chi connectivity index (χ2v) is 5.04. The lowest BCUT2D eigenvalue weighted by Crippen LogP contribution is -2.25.